The molecule has 4 rings (SSSR count). The van der Waals surface area contributed by atoms with Gasteiger partial charge in [-0.15, -0.1) is 0 Å². The fourth-order valence-corrected chi connectivity index (χ4v) is 3.94. The number of methoxy groups -OCH3 is 2. The van der Waals surface area contributed by atoms with Crippen molar-refractivity contribution >= 4 is 11.7 Å². The first kappa shape index (κ1) is 21.0. The fraction of sp³-hybridized carbons (Fsp3) is 0.429. The van der Waals surface area contributed by atoms with E-state index in [1.54, 1.807) is 31.3 Å². The van der Waals surface area contributed by atoms with Crippen LogP contribution < -0.4 is 9.47 Å². The molecule has 0 spiro atoms. The van der Waals surface area contributed by atoms with Gasteiger partial charge in [0.2, 0.25) is 5.91 Å². The zero-order valence-electron chi connectivity index (χ0n) is 17.3. The van der Waals surface area contributed by atoms with Gasteiger partial charge in [-0.25, -0.2) is 13.8 Å². The number of aromatic nitrogens is 4. The van der Waals surface area contributed by atoms with E-state index >= 15 is 0 Å². The highest BCUT2D eigenvalue weighted by Crippen LogP contribution is 2.30. The Balaban J connectivity index is 1.51. The van der Waals surface area contributed by atoms with Crippen molar-refractivity contribution in [2.45, 2.75) is 31.6 Å². The molecule has 10 heteroatoms. The van der Waals surface area contributed by atoms with Gasteiger partial charge in [-0.1, -0.05) is 6.07 Å². The van der Waals surface area contributed by atoms with Crippen LogP contribution in [-0.4, -0.2) is 57.7 Å². The summed E-state index contributed by atoms with van der Waals surface area (Å²) in [5.41, 5.74) is 1.08. The molecule has 31 heavy (non-hydrogen) atoms. The SMILES string of the molecule is COc1ccc(CC(=O)N2CCC[C@@H](c3cc(C(F)F)n4ncnc4n3)C2)cc1OC. The molecule has 1 aromatic carbocycles. The molecule has 3 aromatic rings. The normalized spacial score (nSPS) is 16.7. The van der Waals surface area contributed by atoms with Crippen molar-refractivity contribution in [1.29, 1.82) is 0 Å². The number of ether oxygens (including phenoxy) is 2. The number of alkyl halides is 2. The van der Waals surface area contributed by atoms with Crippen LogP contribution in [0.25, 0.3) is 5.78 Å². The van der Waals surface area contributed by atoms with Gasteiger partial charge in [0.1, 0.15) is 12.0 Å². The van der Waals surface area contributed by atoms with E-state index in [0.717, 1.165) is 22.9 Å². The second kappa shape index (κ2) is 8.83. The standard InChI is InChI=1S/C21H23F2N5O3/c1-30-17-6-5-13(8-18(17)31-2)9-19(29)27-7-3-4-14(11-27)15-10-16(20(22)23)28-21(26-15)24-12-25-28/h5-6,8,10,12,14,20H,3-4,7,9,11H2,1-2H3/t14-/m1/s1. The Morgan fingerprint density at radius 2 is 2.03 bits per heavy atom. The number of hydrogen-bond acceptors (Lipinski definition) is 6. The first-order valence-electron chi connectivity index (χ1n) is 9.97. The Kier molecular flexibility index (Phi) is 5.97. The van der Waals surface area contributed by atoms with Crippen molar-refractivity contribution in [2.75, 3.05) is 27.3 Å². The Labute approximate surface area is 177 Å². The van der Waals surface area contributed by atoms with Crippen LogP contribution in [0.2, 0.25) is 0 Å². The molecule has 0 bridgehead atoms. The lowest BCUT2D eigenvalue weighted by Gasteiger charge is -2.32. The number of rotatable bonds is 6. The number of nitrogens with zero attached hydrogens (tertiary/aromatic N) is 5. The summed E-state index contributed by atoms with van der Waals surface area (Å²) in [6.07, 6.45) is 0.257. The third-order valence-electron chi connectivity index (χ3n) is 5.52. The van der Waals surface area contributed by atoms with Gasteiger partial charge >= 0.3 is 0 Å². The number of hydrogen-bond donors (Lipinski definition) is 0. The van der Waals surface area contributed by atoms with E-state index in [1.165, 1.54) is 12.4 Å². The van der Waals surface area contributed by atoms with E-state index < -0.39 is 6.43 Å². The Bertz CT molecular complexity index is 1090. The molecule has 3 heterocycles. The van der Waals surface area contributed by atoms with Crippen LogP contribution in [0.3, 0.4) is 0 Å². The van der Waals surface area contributed by atoms with Gasteiger partial charge in [0.25, 0.3) is 12.2 Å². The van der Waals surface area contributed by atoms with E-state index in [4.69, 9.17) is 9.47 Å². The summed E-state index contributed by atoms with van der Waals surface area (Å²) in [4.78, 5) is 23.1. The van der Waals surface area contributed by atoms with Gasteiger partial charge in [-0.3, -0.25) is 4.79 Å². The highest BCUT2D eigenvalue weighted by Gasteiger charge is 2.28. The minimum atomic E-state index is -2.70. The predicted molar refractivity (Wildman–Crippen MR) is 108 cm³/mol. The van der Waals surface area contributed by atoms with Crippen LogP contribution in [0.5, 0.6) is 11.5 Å². The van der Waals surface area contributed by atoms with Crippen LogP contribution in [0.15, 0.2) is 30.6 Å². The Hall–Kier alpha value is -3.30. The molecule has 0 unspecified atom stereocenters. The molecule has 2 aromatic heterocycles. The summed E-state index contributed by atoms with van der Waals surface area (Å²) < 4.78 is 38.6. The maximum atomic E-state index is 13.5. The smallest absolute Gasteiger partial charge is 0.280 e. The van der Waals surface area contributed by atoms with Crippen molar-refractivity contribution in [1.82, 2.24) is 24.5 Å². The topological polar surface area (TPSA) is 81.9 Å². The van der Waals surface area contributed by atoms with Crippen LogP contribution in [0.4, 0.5) is 8.78 Å². The lowest BCUT2D eigenvalue weighted by molar-refractivity contribution is -0.131. The molecule has 0 radical (unpaired) electrons. The maximum absolute atomic E-state index is 13.5. The molecule has 1 amide bonds. The number of amides is 1. The number of halogens is 2. The first-order valence-corrected chi connectivity index (χ1v) is 9.97. The Morgan fingerprint density at radius 1 is 1.23 bits per heavy atom. The molecule has 1 saturated heterocycles. The summed E-state index contributed by atoms with van der Waals surface area (Å²) in [5, 5.41) is 3.82. The molecular formula is C21H23F2N5O3. The van der Waals surface area contributed by atoms with Gasteiger partial charge < -0.3 is 14.4 Å². The molecule has 0 N–H and O–H groups in total. The van der Waals surface area contributed by atoms with E-state index in [-0.39, 0.29) is 29.7 Å². The number of carbonyl (C=O) groups excluding carboxylic acids is 1. The number of piperidine rings is 1. The van der Waals surface area contributed by atoms with E-state index in [2.05, 4.69) is 15.1 Å². The van der Waals surface area contributed by atoms with E-state index in [1.807, 2.05) is 6.07 Å². The fourth-order valence-electron chi connectivity index (χ4n) is 3.94. The van der Waals surface area contributed by atoms with Crippen LogP contribution >= 0.6 is 0 Å². The quantitative estimate of drug-likeness (QED) is 0.597. The van der Waals surface area contributed by atoms with Crippen molar-refractivity contribution < 1.29 is 23.0 Å². The molecule has 1 atom stereocenters. The third-order valence-corrected chi connectivity index (χ3v) is 5.52. The van der Waals surface area contributed by atoms with Gasteiger partial charge in [0.05, 0.1) is 26.3 Å². The molecule has 1 aliphatic rings. The second-order valence-corrected chi connectivity index (χ2v) is 7.42. The average molecular weight is 431 g/mol. The van der Waals surface area contributed by atoms with Crippen LogP contribution in [0, 0.1) is 0 Å². The predicted octanol–water partition coefficient (Wildman–Crippen LogP) is 3.03. The molecule has 1 fully saturated rings. The van der Waals surface area contributed by atoms with E-state index in [0.29, 0.717) is 30.3 Å². The molecule has 8 nitrogen and oxygen atoms in total. The highest BCUT2D eigenvalue weighted by molar-refractivity contribution is 5.79. The zero-order chi connectivity index (χ0) is 22.0. The summed E-state index contributed by atoms with van der Waals surface area (Å²) in [6, 6.07) is 6.76. The van der Waals surface area contributed by atoms with Crippen molar-refractivity contribution in [3.05, 3.63) is 47.5 Å². The molecule has 164 valence electrons. The molecule has 1 aliphatic heterocycles. The van der Waals surface area contributed by atoms with Gasteiger partial charge in [-0.2, -0.15) is 14.6 Å². The lowest BCUT2D eigenvalue weighted by Crippen LogP contribution is -2.40. The molecule has 0 aliphatic carbocycles. The van der Waals surface area contributed by atoms with Gasteiger partial charge in [-0.05, 0) is 36.6 Å². The third kappa shape index (κ3) is 4.28. The minimum absolute atomic E-state index is 0.0328. The number of benzene rings is 1. The zero-order valence-corrected chi connectivity index (χ0v) is 17.3. The van der Waals surface area contributed by atoms with Gasteiger partial charge in [0.15, 0.2) is 11.5 Å². The summed E-state index contributed by atoms with van der Waals surface area (Å²) in [5.74, 6) is 1.13. The largest absolute Gasteiger partial charge is 0.493 e. The summed E-state index contributed by atoms with van der Waals surface area (Å²) in [7, 11) is 3.10. The summed E-state index contributed by atoms with van der Waals surface area (Å²) >= 11 is 0. The summed E-state index contributed by atoms with van der Waals surface area (Å²) in [6.45, 7) is 1.05. The lowest BCUT2D eigenvalue weighted by atomic mass is 9.93. The van der Waals surface area contributed by atoms with Crippen LogP contribution in [-0.2, 0) is 11.2 Å². The Morgan fingerprint density at radius 3 is 2.77 bits per heavy atom. The van der Waals surface area contributed by atoms with Crippen molar-refractivity contribution in [3.8, 4) is 11.5 Å². The number of carbonyl (C=O) groups is 1. The molecule has 0 saturated carbocycles. The van der Waals surface area contributed by atoms with Gasteiger partial charge in [0, 0.05) is 19.0 Å². The minimum Gasteiger partial charge on any atom is -0.493 e. The first-order chi connectivity index (χ1) is 15.0. The van der Waals surface area contributed by atoms with Crippen molar-refractivity contribution in [3.63, 3.8) is 0 Å². The second-order valence-electron chi connectivity index (χ2n) is 7.42. The van der Waals surface area contributed by atoms with Crippen LogP contribution in [0.1, 0.15) is 42.1 Å². The maximum Gasteiger partial charge on any atom is 0.280 e. The van der Waals surface area contributed by atoms with Crippen molar-refractivity contribution in [2.24, 2.45) is 0 Å². The number of fused-ring (bicyclic) bond motifs is 1. The monoisotopic (exact) mass is 431 g/mol. The highest BCUT2D eigenvalue weighted by atomic mass is 19.3. The molecular weight excluding hydrogens is 408 g/mol. The number of likely N-dealkylation sites (tertiary alicyclic amines) is 1. The average Bonchev–Trinajstić information content (AvgIpc) is 3.27. The van der Waals surface area contributed by atoms with E-state index in [9.17, 15) is 13.6 Å².